The number of rotatable bonds is 4. The van der Waals surface area contributed by atoms with Crippen LogP contribution < -0.4 is 5.32 Å². The molecule has 4 amide bonds. The monoisotopic (exact) mass is 420 g/mol. The number of aromatic nitrogens is 1. The van der Waals surface area contributed by atoms with Crippen LogP contribution in [0.4, 0.5) is 4.79 Å². The van der Waals surface area contributed by atoms with Crippen molar-refractivity contribution in [2.45, 2.75) is 45.7 Å². The zero-order valence-electron chi connectivity index (χ0n) is 18.2. The van der Waals surface area contributed by atoms with E-state index in [2.05, 4.69) is 16.4 Å². The van der Waals surface area contributed by atoms with Gasteiger partial charge < -0.3 is 10.2 Å². The molecule has 7 heteroatoms. The number of piperidine rings is 1. The summed E-state index contributed by atoms with van der Waals surface area (Å²) in [7, 11) is 0. The van der Waals surface area contributed by atoms with Gasteiger partial charge in [-0.1, -0.05) is 17.2 Å². The van der Waals surface area contributed by atoms with E-state index in [1.807, 2.05) is 37.8 Å². The van der Waals surface area contributed by atoms with Crippen molar-refractivity contribution < 1.29 is 14.4 Å². The molecular weight excluding hydrogens is 392 g/mol. The minimum atomic E-state index is -0.945. The molecule has 0 saturated carbocycles. The van der Waals surface area contributed by atoms with E-state index in [0.717, 1.165) is 16.7 Å². The van der Waals surface area contributed by atoms with Gasteiger partial charge in [-0.2, -0.15) is 0 Å². The molecule has 31 heavy (non-hydrogen) atoms. The van der Waals surface area contributed by atoms with Crippen LogP contribution in [0.3, 0.4) is 0 Å². The molecule has 0 radical (unpaired) electrons. The largest absolute Gasteiger partial charge is 0.339 e. The number of nitrogens with zero attached hydrogens (tertiary/aromatic N) is 3. The van der Waals surface area contributed by atoms with Crippen LogP contribution in [-0.2, 0) is 11.3 Å². The predicted molar refractivity (Wildman–Crippen MR) is 116 cm³/mol. The van der Waals surface area contributed by atoms with Crippen molar-refractivity contribution in [1.82, 2.24) is 20.1 Å². The molecule has 4 rings (SSSR count). The van der Waals surface area contributed by atoms with Gasteiger partial charge in [-0.25, -0.2) is 4.79 Å². The number of carbonyl (C=O) groups excluding carboxylic acids is 3. The quantitative estimate of drug-likeness (QED) is 0.771. The van der Waals surface area contributed by atoms with E-state index in [1.54, 1.807) is 24.5 Å². The number of hydrogen-bond acceptors (Lipinski definition) is 4. The summed E-state index contributed by atoms with van der Waals surface area (Å²) in [5.74, 6) is -0.195. The summed E-state index contributed by atoms with van der Waals surface area (Å²) in [5.41, 5.74) is 2.75. The Hall–Kier alpha value is -3.22. The number of urea groups is 1. The minimum absolute atomic E-state index is 0.0188. The third kappa shape index (κ3) is 4.04. The summed E-state index contributed by atoms with van der Waals surface area (Å²) in [5, 5.41) is 2.93. The SMILES string of the molecule is Cc1cc(C)cc(C(=O)N2CCC(C3(C)NC(=O)N(Cc4ccncc4)C3=O)CC2)c1. The van der Waals surface area contributed by atoms with Gasteiger partial charge in [-0.3, -0.25) is 19.5 Å². The summed E-state index contributed by atoms with van der Waals surface area (Å²) in [6, 6.07) is 9.12. The van der Waals surface area contributed by atoms with Crippen LogP contribution >= 0.6 is 0 Å². The van der Waals surface area contributed by atoms with E-state index < -0.39 is 5.54 Å². The molecular formula is C24H28N4O3. The van der Waals surface area contributed by atoms with Crippen molar-refractivity contribution in [2.75, 3.05) is 13.1 Å². The predicted octanol–water partition coefficient (Wildman–Crippen LogP) is 3.06. The molecule has 2 aliphatic rings. The lowest BCUT2D eigenvalue weighted by atomic mass is 9.78. The van der Waals surface area contributed by atoms with Gasteiger partial charge in [0.2, 0.25) is 0 Å². The lowest BCUT2D eigenvalue weighted by Crippen LogP contribution is -2.54. The van der Waals surface area contributed by atoms with E-state index >= 15 is 0 Å². The second-order valence-electron chi connectivity index (χ2n) is 8.82. The van der Waals surface area contributed by atoms with E-state index in [9.17, 15) is 14.4 Å². The first-order valence-electron chi connectivity index (χ1n) is 10.7. The molecule has 0 aliphatic carbocycles. The summed E-state index contributed by atoms with van der Waals surface area (Å²) in [6.45, 7) is 7.16. The number of imide groups is 1. The molecule has 0 spiro atoms. The number of carbonyl (C=O) groups is 3. The smallest absolute Gasteiger partial charge is 0.325 e. The molecule has 0 bridgehead atoms. The Balaban J connectivity index is 1.42. The third-order valence-electron chi connectivity index (χ3n) is 6.46. The number of aryl methyl sites for hydroxylation is 2. The first-order chi connectivity index (χ1) is 14.8. The Bertz CT molecular complexity index is 994. The Morgan fingerprint density at radius 1 is 1.10 bits per heavy atom. The van der Waals surface area contributed by atoms with Gasteiger partial charge in [-0.05, 0) is 69.4 Å². The van der Waals surface area contributed by atoms with E-state index in [-0.39, 0.29) is 30.3 Å². The molecule has 2 aromatic rings. The van der Waals surface area contributed by atoms with E-state index in [1.165, 1.54) is 4.90 Å². The van der Waals surface area contributed by atoms with Crippen molar-refractivity contribution >= 4 is 17.8 Å². The van der Waals surface area contributed by atoms with Gasteiger partial charge in [0.25, 0.3) is 11.8 Å². The van der Waals surface area contributed by atoms with Crippen LogP contribution in [0, 0.1) is 19.8 Å². The van der Waals surface area contributed by atoms with Gasteiger partial charge in [0.1, 0.15) is 5.54 Å². The number of pyridine rings is 1. The zero-order chi connectivity index (χ0) is 22.2. The van der Waals surface area contributed by atoms with Crippen molar-refractivity contribution in [2.24, 2.45) is 5.92 Å². The number of likely N-dealkylation sites (tertiary alicyclic amines) is 1. The fraction of sp³-hybridized carbons (Fsp3) is 0.417. The molecule has 2 saturated heterocycles. The number of nitrogens with one attached hydrogen (secondary N) is 1. The standard InChI is InChI=1S/C24H28N4O3/c1-16-12-17(2)14-19(13-16)21(29)27-10-6-20(7-11-27)24(3)22(30)28(23(31)26-24)15-18-4-8-25-9-5-18/h4-5,8-9,12-14,20H,6-7,10-11,15H2,1-3H3,(H,26,31). The van der Waals surface area contributed by atoms with Crippen molar-refractivity contribution in [3.8, 4) is 0 Å². The average molecular weight is 421 g/mol. The normalized spacial score (nSPS) is 22.0. The fourth-order valence-electron chi connectivity index (χ4n) is 4.75. The minimum Gasteiger partial charge on any atom is -0.339 e. The highest BCUT2D eigenvalue weighted by atomic mass is 16.2. The molecule has 3 heterocycles. The van der Waals surface area contributed by atoms with Crippen LogP contribution in [-0.4, -0.2) is 51.3 Å². The first kappa shape index (κ1) is 21.0. The van der Waals surface area contributed by atoms with E-state index in [4.69, 9.17) is 0 Å². The maximum atomic E-state index is 13.2. The van der Waals surface area contributed by atoms with Crippen LogP contribution in [0.15, 0.2) is 42.7 Å². The Morgan fingerprint density at radius 2 is 1.71 bits per heavy atom. The van der Waals surface area contributed by atoms with Crippen molar-refractivity contribution in [3.05, 3.63) is 65.0 Å². The highest BCUT2D eigenvalue weighted by molar-refractivity contribution is 6.07. The van der Waals surface area contributed by atoms with Crippen LogP contribution in [0.2, 0.25) is 0 Å². The average Bonchev–Trinajstić information content (AvgIpc) is 2.97. The number of amides is 4. The van der Waals surface area contributed by atoms with Gasteiger partial charge in [0.05, 0.1) is 6.54 Å². The Labute approximate surface area is 182 Å². The molecule has 1 aromatic heterocycles. The van der Waals surface area contributed by atoms with Crippen molar-refractivity contribution in [1.29, 1.82) is 0 Å². The lowest BCUT2D eigenvalue weighted by Gasteiger charge is -2.39. The van der Waals surface area contributed by atoms with Crippen LogP contribution in [0.1, 0.15) is 46.8 Å². The summed E-state index contributed by atoms with van der Waals surface area (Å²) >= 11 is 0. The number of hydrogen-bond donors (Lipinski definition) is 1. The fourth-order valence-corrected chi connectivity index (χ4v) is 4.75. The maximum absolute atomic E-state index is 13.2. The topological polar surface area (TPSA) is 82.6 Å². The van der Waals surface area contributed by atoms with Gasteiger partial charge >= 0.3 is 6.03 Å². The van der Waals surface area contributed by atoms with E-state index in [0.29, 0.717) is 31.5 Å². The second-order valence-corrected chi connectivity index (χ2v) is 8.82. The van der Waals surface area contributed by atoms with Crippen LogP contribution in [0.25, 0.3) is 0 Å². The second kappa shape index (κ2) is 8.13. The zero-order valence-corrected chi connectivity index (χ0v) is 18.2. The molecule has 1 N–H and O–H groups in total. The summed E-state index contributed by atoms with van der Waals surface area (Å²) in [6.07, 6.45) is 4.63. The van der Waals surface area contributed by atoms with Gasteiger partial charge in [0.15, 0.2) is 0 Å². The molecule has 1 unspecified atom stereocenters. The van der Waals surface area contributed by atoms with Gasteiger partial charge in [0, 0.05) is 31.0 Å². The van der Waals surface area contributed by atoms with Crippen molar-refractivity contribution in [3.63, 3.8) is 0 Å². The highest BCUT2D eigenvalue weighted by Gasteiger charge is 2.52. The molecule has 1 atom stereocenters. The summed E-state index contributed by atoms with van der Waals surface area (Å²) < 4.78 is 0. The Kier molecular flexibility index (Phi) is 5.52. The molecule has 162 valence electrons. The molecule has 1 aromatic carbocycles. The summed E-state index contributed by atoms with van der Waals surface area (Å²) in [4.78, 5) is 45.8. The molecule has 2 aliphatic heterocycles. The molecule has 7 nitrogen and oxygen atoms in total. The first-order valence-corrected chi connectivity index (χ1v) is 10.7. The third-order valence-corrected chi connectivity index (χ3v) is 6.46. The van der Waals surface area contributed by atoms with Crippen LogP contribution in [0.5, 0.6) is 0 Å². The molecule has 2 fully saturated rings. The lowest BCUT2D eigenvalue weighted by molar-refractivity contribution is -0.133. The maximum Gasteiger partial charge on any atom is 0.325 e. The highest BCUT2D eigenvalue weighted by Crippen LogP contribution is 2.34. The van der Waals surface area contributed by atoms with Gasteiger partial charge in [-0.15, -0.1) is 0 Å². The number of benzene rings is 1. The Morgan fingerprint density at radius 3 is 2.32 bits per heavy atom.